The van der Waals surface area contributed by atoms with Crippen molar-refractivity contribution in [3.8, 4) is 0 Å². The molecule has 0 aromatic heterocycles. The summed E-state index contributed by atoms with van der Waals surface area (Å²) in [6.45, 7) is 11.8. The molecule has 111 valence electrons. The number of hydrogen-bond acceptors (Lipinski definition) is 2. The first-order valence-corrected chi connectivity index (χ1v) is 8.02. The van der Waals surface area contributed by atoms with Crippen LogP contribution < -0.4 is 0 Å². The lowest BCUT2D eigenvalue weighted by molar-refractivity contribution is 0.125. The number of unbranched alkanes of at least 4 members (excludes halogenated alkanes) is 1. The molecular weight excluding hydrogens is 244 g/mol. The van der Waals surface area contributed by atoms with Crippen LogP contribution in [0.2, 0.25) is 0 Å². The fourth-order valence-electron chi connectivity index (χ4n) is 2.83. The van der Waals surface area contributed by atoms with Gasteiger partial charge in [0.25, 0.3) is 0 Å². The summed E-state index contributed by atoms with van der Waals surface area (Å²) in [5.74, 6) is 1.57. The SMILES string of the molecule is C[C](C)CCCCN1CCN(Cc2ccccc2)CC1. The number of hydrogen-bond donors (Lipinski definition) is 0. The highest BCUT2D eigenvalue weighted by atomic mass is 15.3. The van der Waals surface area contributed by atoms with Crippen molar-refractivity contribution in [3.63, 3.8) is 0 Å². The standard InChI is InChI=1S/C18H29N2/c1-17(2)8-6-7-11-19-12-14-20(15-13-19)16-18-9-4-3-5-10-18/h3-5,9-10H,6-8,11-16H2,1-2H3. The smallest absolute Gasteiger partial charge is 0.0234 e. The Morgan fingerprint density at radius 1 is 0.900 bits per heavy atom. The van der Waals surface area contributed by atoms with Crippen molar-refractivity contribution in [2.45, 2.75) is 39.7 Å². The molecule has 1 saturated heterocycles. The zero-order valence-corrected chi connectivity index (χ0v) is 13.1. The van der Waals surface area contributed by atoms with E-state index in [2.05, 4.69) is 54.0 Å². The van der Waals surface area contributed by atoms with E-state index in [0.717, 1.165) is 6.54 Å². The van der Waals surface area contributed by atoms with Crippen LogP contribution in [0.4, 0.5) is 0 Å². The van der Waals surface area contributed by atoms with Crippen molar-refractivity contribution in [1.29, 1.82) is 0 Å². The summed E-state index contributed by atoms with van der Waals surface area (Å²) in [4.78, 5) is 5.21. The van der Waals surface area contributed by atoms with Gasteiger partial charge in [-0.25, -0.2) is 0 Å². The molecule has 1 aliphatic heterocycles. The quantitative estimate of drug-likeness (QED) is 0.701. The van der Waals surface area contributed by atoms with E-state index in [0.29, 0.717) is 0 Å². The Bertz CT molecular complexity index is 353. The summed E-state index contributed by atoms with van der Waals surface area (Å²) in [5.41, 5.74) is 1.44. The molecule has 1 radical (unpaired) electrons. The molecule has 0 unspecified atom stereocenters. The van der Waals surface area contributed by atoms with Crippen LogP contribution in [0.5, 0.6) is 0 Å². The molecule has 1 fully saturated rings. The normalized spacial score (nSPS) is 17.8. The number of piperazine rings is 1. The van der Waals surface area contributed by atoms with Gasteiger partial charge in [0, 0.05) is 32.7 Å². The van der Waals surface area contributed by atoms with Crippen LogP contribution in [0.15, 0.2) is 30.3 Å². The molecular formula is C18H29N2. The lowest BCUT2D eigenvalue weighted by atomic mass is 10.1. The number of benzene rings is 1. The summed E-state index contributed by atoms with van der Waals surface area (Å²) in [7, 11) is 0. The summed E-state index contributed by atoms with van der Waals surface area (Å²) in [6, 6.07) is 10.8. The van der Waals surface area contributed by atoms with Gasteiger partial charge in [0.15, 0.2) is 0 Å². The van der Waals surface area contributed by atoms with Crippen molar-refractivity contribution in [1.82, 2.24) is 9.80 Å². The van der Waals surface area contributed by atoms with Crippen LogP contribution in [0.25, 0.3) is 0 Å². The van der Waals surface area contributed by atoms with Crippen LogP contribution in [0, 0.1) is 5.92 Å². The summed E-state index contributed by atoms with van der Waals surface area (Å²) in [5, 5.41) is 0. The van der Waals surface area contributed by atoms with E-state index >= 15 is 0 Å². The maximum Gasteiger partial charge on any atom is 0.0234 e. The van der Waals surface area contributed by atoms with Gasteiger partial charge in [0.05, 0.1) is 0 Å². The fourth-order valence-corrected chi connectivity index (χ4v) is 2.83. The van der Waals surface area contributed by atoms with E-state index in [9.17, 15) is 0 Å². The van der Waals surface area contributed by atoms with Gasteiger partial charge in [0.2, 0.25) is 0 Å². The molecule has 1 aromatic rings. The van der Waals surface area contributed by atoms with Gasteiger partial charge in [-0.05, 0) is 30.9 Å². The van der Waals surface area contributed by atoms with Crippen molar-refractivity contribution in [2.75, 3.05) is 32.7 Å². The monoisotopic (exact) mass is 273 g/mol. The first kappa shape index (κ1) is 15.5. The number of nitrogens with zero attached hydrogens (tertiary/aromatic N) is 2. The molecule has 1 aromatic carbocycles. The Kier molecular flexibility index (Phi) is 6.55. The molecule has 2 heteroatoms. The second-order valence-electron chi connectivity index (χ2n) is 6.27. The van der Waals surface area contributed by atoms with Crippen LogP contribution in [0.3, 0.4) is 0 Å². The highest BCUT2D eigenvalue weighted by molar-refractivity contribution is 5.14. The van der Waals surface area contributed by atoms with Gasteiger partial charge in [-0.1, -0.05) is 50.6 Å². The van der Waals surface area contributed by atoms with Gasteiger partial charge < -0.3 is 4.90 Å². The van der Waals surface area contributed by atoms with Crippen LogP contribution >= 0.6 is 0 Å². The van der Waals surface area contributed by atoms with Crippen LogP contribution in [-0.2, 0) is 6.54 Å². The van der Waals surface area contributed by atoms with Crippen molar-refractivity contribution >= 4 is 0 Å². The van der Waals surface area contributed by atoms with Gasteiger partial charge in [-0.15, -0.1) is 0 Å². The molecule has 2 nitrogen and oxygen atoms in total. The van der Waals surface area contributed by atoms with E-state index < -0.39 is 0 Å². The number of rotatable bonds is 7. The third-order valence-electron chi connectivity index (χ3n) is 4.12. The first-order valence-electron chi connectivity index (χ1n) is 8.02. The Balaban J connectivity index is 1.60. The zero-order valence-electron chi connectivity index (χ0n) is 13.1. The van der Waals surface area contributed by atoms with Crippen molar-refractivity contribution < 1.29 is 0 Å². The average molecular weight is 273 g/mol. The maximum atomic E-state index is 2.63. The molecule has 0 amide bonds. The summed E-state index contributed by atoms with van der Waals surface area (Å²) < 4.78 is 0. The molecule has 0 bridgehead atoms. The minimum atomic E-state index is 1.11. The highest BCUT2D eigenvalue weighted by Gasteiger charge is 2.16. The van der Waals surface area contributed by atoms with Gasteiger partial charge in [-0.2, -0.15) is 0 Å². The molecule has 0 aliphatic carbocycles. The molecule has 20 heavy (non-hydrogen) atoms. The summed E-state index contributed by atoms with van der Waals surface area (Å²) >= 11 is 0. The Hall–Kier alpha value is -0.860. The zero-order chi connectivity index (χ0) is 14.2. The minimum Gasteiger partial charge on any atom is -0.301 e. The van der Waals surface area contributed by atoms with Gasteiger partial charge >= 0.3 is 0 Å². The molecule has 1 heterocycles. The van der Waals surface area contributed by atoms with E-state index in [-0.39, 0.29) is 0 Å². The molecule has 0 saturated carbocycles. The van der Waals surface area contributed by atoms with Gasteiger partial charge in [-0.3, -0.25) is 4.90 Å². The second kappa shape index (κ2) is 8.43. The minimum absolute atomic E-state index is 1.11. The van der Waals surface area contributed by atoms with E-state index in [1.54, 1.807) is 5.92 Å². The van der Waals surface area contributed by atoms with Crippen LogP contribution in [0.1, 0.15) is 38.7 Å². The predicted octanol–water partition coefficient (Wildman–Crippen LogP) is 3.59. The average Bonchev–Trinajstić information content (AvgIpc) is 2.46. The lowest BCUT2D eigenvalue weighted by Gasteiger charge is -2.34. The summed E-state index contributed by atoms with van der Waals surface area (Å²) in [6.07, 6.45) is 4.00. The second-order valence-corrected chi connectivity index (χ2v) is 6.27. The van der Waals surface area contributed by atoms with E-state index in [1.807, 2.05) is 0 Å². The molecule has 0 atom stereocenters. The van der Waals surface area contributed by atoms with Crippen molar-refractivity contribution in [2.24, 2.45) is 0 Å². The topological polar surface area (TPSA) is 6.48 Å². The molecule has 2 rings (SSSR count). The fraction of sp³-hybridized carbons (Fsp3) is 0.611. The Labute approximate surface area is 124 Å². The van der Waals surface area contributed by atoms with Crippen LogP contribution in [-0.4, -0.2) is 42.5 Å². The first-order chi connectivity index (χ1) is 9.74. The van der Waals surface area contributed by atoms with E-state index in [1.165, 1.54) is 57.5 Å². The predicted molar refractivity (Wildman–Crippen MR) is 86.6 cm³/mol. The Morgan fingerprint density at radius 2 is 1.55 bits per heavy atom. The Morgan fingerprint density at radius 3 is 2.20 bits per heavy atom. The van der Waals surface area contributed by atoms with Crippen molar-refractivity contribution in [3.05, 3.63) is 41.8 Å². The molecule has 0 spiro atoms. The third-order valence-corrected chi connectivity index (χ3v) is 4.12. The largest absolute Gasteiger partial charge is 0.301 e. The van der Waals surface area contributed by atoms with Gasteiger partial charge in [0.1, 0.15) is 0 Å². The molecule has 1 aliphatic rings. The third kappa shape index (κ3) is 5.64. The maximum absolute atomic E-state index is 2.63. The highest BCUT2D eigenvalue weighted by Crippen LogP contribution is 2.11. The lowest BCUT2D eigenvalue weighted by Crippen LogP contribution is -2.46. The molecule has 0 N–H and O–H groups in total. The van der Waals surface area contributed by atoms with E-state index in [4.69, 9.17) is 0 Å².